The van der Waals surface area contributed by atoms with Gasteiger partial charge in [0, 0.05) is 6.07 Å². The summed E-state index contributed by atoms with van der Waals surface area (Å²) in [4.78, 5) is 10.3. The summed E-state index contributed by atoms with van der Waals surface area (Å²) >= 11 is 0. The minimum atomic E-state index is -4.96. The Labute approximate surface area is 118 Å². The Kier molecular flexibility index (Phi) is 4.54. The number of carbonyl (C=O) groups is 1. The van der Waals surface area contributed by atoms with Gasteiger partial charge >= 0.3 is 12.3 Å². The van der Waals surface area contributed by atoms with Crippen LogP contribution >= 0.6 is 0 Å². The van der Waals surface area contributed by atoms with E-state index in [1.165, 1.54) is 0 Å². The Morgan fingerprint density at radius 1 is 1.29 bits per heavy atom. The van der Waals surface area contributed by atoms with Gasteiger partial charge in [0.25, 0.3) is 0 Å². The van der Waals surface area contributed by atoms with Crippen LogP contribution in [0.4, 0.5) is 13.2 Å². The summed E-state index contributed by atoms with van der Waals surface area (Å²) in [6.45, 7) is 2.20. The molecule has 0 heterocycles. The number of hydrogen-bond acceptors (Lipinski definition) is 4. The quantitative estimate of drug-likeness (QED) is 0.859. The minimum Gasteiger partial charge on any atom is -0.480 e. The number of nitrogens with one attached hydrogen (secondary N) is 1. The summed E-state index contributed by atoms with van der Waals surface area (Å²) in [7, 11) is -4.32. The molecule has 0 aliphatic heterocycles. The van der Waals surface area contributed by atoms with Crippen LogP contribution in [0.5, 0.6) is 5.75 Å². The van der Waals surface area contributed by atoms with Crippen LogP contribution in [0.3, 0.4) is 0 Å². The molecule has 10 heteroatoms. The largest absolute Gasteiger partial charge is 0.573 e. The first kappa shape index (κ1) is 17.2. The number of benzene rings is 1. The van der Waals surface area contributed by atoms with Crippen molar-refractivity contribution in [2.45, 2.75) is 30.6 Å². The zero-order valence-corrected chi connectivity index (χ0v) is 11.7. The van der Waals surface area contributed by atoms with Crippen molar-refractivity contribution in [3.05, 3.63) is 24.3 Å². The van der Waals surface area contributed by atoms with E-state index < -0.39 is 38.5 Å². The summed E-state index contributed by atoms with van der Waals surface area (Å²) < 4.78 is 65.6. The Morgan fingerprint density at radius 3 is 2.33 bits per heavy atom. The number of carboxylic acid groups (broad SMARTS) is 1. The fraction of sp³-hybridized carbons (Fsp3) is 0.364. The zero-order valence-electron chi connectivity index (χ0n) is 10.9. The lowest BCUT2D eigenvalue weighted by Gasteiger charge is -2.21. The van der Waals surface area contributed by atoms with Gasteiger partial charge < -0.3 is 9.84 Å². The van der Waals surface area contributed by atoms with E-state index in [1.54, 1.807) is 0 Å². The Bertz CT molecular complexity index is 640. The van der Waals surface area contributed by atoms with E-state index in [0.717, 1.165) is 32.0 Å². The van der Waals surface area contributed by atoms with Crippen LogP contribution in [0.25, 0.3) is 0 Å². The summed E-state index contributed by atoms with van der Waals surface area (Å²) in [5.41, 5.74) is -1.82. The lowest BCUT2D eigenvalue weighted by Crippen LogP contribution is -2.49. The zero-order chi connectivity index (χ0) is 16.5. The van der Waals surface area contributed by atoms with Gasteiger partial charge in [0.2, 0.25) is 10.0 Å². The highest BCUT2D eigenvalue weighted by molar-refractivity contribution is 7.89. The number of alkyl halides is 3. The van der Waals surface area contributed by atoms with E-state index >= 15 is 0 Å². The number of sulfonamides is 1. The van der Waals surface area contributed by atoms with Crippen molar-refractivity contribution in [3.63, 3.8) is 0 Å². The highest BCUT2D eigenvalue weighted by Crippen LogP contribution is 2.25. The van der Waals surface area contributed by atoms with Crippen molar-refractivity contribution >= 4 is 16.0 Å². The second kappa shape index (κ2) is 5.53. The van der Waals surface area contributed by atoms with Crippen LogP contribution in [0.15, 0.2) is 29.2 Å². The van der Waals surface area contributed by atoms with Crippen LogP contribution < -0.4 is 9.46 Å². The molecule has 0 atom stereocenters. The number of halogens is 3. The van der Waals surface area contributed by atoms with E-state index in [9.17, 15) is 26.4 Å². The first-order valence-corrected chi connectivity index (χ1v) is 6.95. The van der Waals surface area contributed by atoms with Gasteiger partial charge in [-0.3, -0.25) is 4.79 Å². The second-order valence-electron chi connectivity index (χ2n) is 4.56. The van der Waals surface area contributed by atoms with Crippen LogP contribution in [0.1, 0.15) is 13.8 Å². The van der Waals surface area contributed by atoms with Crippen molar-refractivity contribution in [1.82, 2.24) is 4.72 Å². The first-order valence-electron chi connectivity index (χ1n) is 5.47. The van der Waals surface area contributed by atoms with Crippen molar-refractivity contribution in [2.75, 3.05) is 0 Å². The van der Waals surface area contributed by atoms with Gasteiger partial charge in [-0.05, 0) is 26.0 Å². The monoisotopic (exact) mass is 327 g/mol. The van der Waals surface area contributed by atoms with E-state index in [-0.39, 0.29) is 0 Å². The maximum absolute atomic E-state index is 12.1. The Morgan fingerprint density at radius 2 is 1.86 bits per heavy atom. The molecule has 0 bridgehead atoms. The van der Waals surface area contributed by atoms with Gasteiger partial charge in [-0.1, -0.05) is 6.07 Å². The Balaban J connectivity index is 3.10. The molecule has 6 nitrogen and oxygen atoms in total. The molecule has 1 aromatic rings. The maximum atomic E-state index is 12.1. The third kappa shape index (κ3) is 4.90. The first-order chi connectivity index (χ1) is 9.33. The fourth-order valence-corrected chi connectivity index (χ4v) is 2.68. The summed E-state index contributed by atoms with van der Waals surface area (Å²) in [5, 5.41) is 8.86. The standard InChI is InChI=1S/C11H12F3NO5S/c1-10(2,9(16)17)15-21(18,19)8-5-3-4-7(6-8)20-11(12,13)14/h3-6,15H,1-2H3,(H,16,17). The van der Waals surface area contributed by atoms with Crippen molar-refractivity contribution < 1.29 is 36.2 Å². The van der Waals surface area contributed by atoms with E-state index in [1.807, 2.05) is 4.72 Å². The molecule has 0 aliphatic carbocycles. The highest BCUT2D eigenvalue weighted by atomic mass is 32.2. The van der Waals surface area contributed by atoms with Gasteiger partial charge in [-0.15, -0.1) is 13.2 Å². The topological polar surface area (TPSA) is 92.7 Å². The molecule has 21 heavy (non-hydrogen) atoms. The lowest BCUT2D eigenvalue weighted by molar-refractivity contribution is -0.274. The van der Waals surface area contributed by atoms with Crippen LogP contribution in [-0.4, -0.2) is 31.4 Å². The maximum Gasteiger partial charge on any atom is 0.573 e. The molecule has 0 unspecified atom stereocenters. The van der Waals surface area contributed by atoms with Gasteiger partial charge in [0.15, 0.2) is 0 Å². The molecule has 1 aromatic carbocycles. The molecule has 118 valence electrons. The van der Waals surface area contributed by atoms with Crippen LogP contribution in [-0.2, 0) is 14.8 Å². The molecule has 0 aromatic heterocycles. The van der Waals surface area contributed by atoms with Crippen molar-refractivity contribution in [2.24, 2.45) is 0 Å². The minimum absolute atomic E-state index is 0.543. The SMILES string of the molecule is CC(C)(NS(=O)(=O)c1cccc(OC(F)(F)F)c1)C(=O)O. The number of hydrogen-bond donors (Lipinski definition) is 2. The third-order valence-corrected chi connectivity index (χ3v) is 3.93. The molecule has 1 rings (SSSR count). The molecule has 0 amide bonds. The van der Waals surface area contributed by atoms with Crippen LogP contribution in [0.2, 0.25) is 0 Å². The normalized spacial score (nSPS) is 13.0. The fourth-order valence-electron chi connectivity index (χ4n) is 1.28. The number of aliphatic carboxylic acids is 1. The van der Waals surface area contributed by atoms with Gasteiger partial charge in [-0.25, -0.2) is 8.42 Å². The predicted molar refractivity (Wildman–Crippen MR) is 65.2 cm³/mol. The molecule has 2 N–H and O–H groups in total. The van der Waals surface area contributed by atoms with Gasteiger partial charge in [0.1, 0.15) is 11.3 Å². The van der Waals surface area contributed by atoms with Crippen molar-refractivity contribution in [3.8, 4) is 5.75 Å². The number of carboxylic acids is 1. The molecule has 0 radical (unpaired) electrons. The molecular formula is C11H12F3NO5S. The lowest BCUT2D eigenvalue weighted by atomic mass is 10.1. The van der Waals surface area contributed by atoms with Gasteiger partial charge in [0.05, 0.1) is 4.90 Å². The van der Waals surface area contributed by atoms with Crippen molar-refractivity contribution in [1.29, 1.82) is 0 Å². The Hall–Kier alpha value is -1.81. The third-order valence-electron chi connectivity index (χ3n) is 2.27. The van der Waals surface area contributed by atoms with E-state index in [4.69, 9.17) is 5.11 Å². The molecule has 0 fully saturated rings. The van der Waals surface area contributed by atoms with E-state index in [2.05, 4.69) is 4.74 Å². The van der Waals surface area contributed by atoms with E-state index in [0.29, 0.717) is 6.07 Å². The molecular weight excluding hydrogens is 315 g/mol. The second-order valence-corrected chi connectivity index (χ2v) is 6.24. The van der Waals surface area contributed by atoms with Gasteiger partial charge in [-0.2, -0.15) is 4.72 Å². The average molecular weight is 327 g/mol. The van der Waals surface area contributed by atoms with Crippen LogP contribution in [0, 0.1) is 0 Å². The predicted octanol–water partition coefficient (Wildman–Crippen LogP) is 1.73. The number of rotatable bonds is 5. The summed E-state index contributed by atoms with van der Waals surface area (Å²) in [5.74, 6) is -2.16. The summed E-state index contributed by atoms with van der Waals surface area (Å²) in [6.07, 6.45) is -4.96. The highest BCUT2D eigenvalue weighted by Gasteiger charge is 2.34. The summed E-state index contributed by atoms with van der Waals surface area (Å²) in [6, 6.07) is 3.63. The average Bonchev–Trinajstić information content (AvgIpc) is 2.25. The molecule has 0 saturated carbocycles. The molecule has 0 saturated heterocycles. The smallest absolute Gasteiger partial charge is 0.480 e. The number of ether oxygens (including phenoxy) is 1. The molecule has 0 aliphatic rings. The molecule has 0 spiro atoms.